The summed E-state index contributed by atoms with van der Waals surface area (Å²) in [6.45, 7) is 1.81. The molecule has 2 nitrogen and oxygen atoms in total. The first kappa shape index (κ1) is 22.5. The quantitative estimate of drug-likeness (QED) is 0.222. The highest BCUT2D eigenvalue weighted by atomic mass is 127. The number of hydrogen-bond acceptors (Lipinski definition) is 1. The van der Waals surface area contributed by atoms with Gasteiger partial charge in [-0.05, 0) is 59.5 Å². The Labute approximate surface area is 167 Å². The summed E-state index contributed by atoms with van der Waals surface area (Å²) in [6.07, 6.45) is 16.4. The lowest BCUT2D eigenvalue weighted by molar-refractivity contribution is -0.141. The number of aliphatic carboxylic acids is 1. The molecule has 0 aliphatic heterocycles. The molecule has 0 saturated carbocycles. The number of carboxylic acids is 1. The van der Waals surface area contributed by atoms with Crippen LogP contribution >= 0.6 is 22.6 Å². The number of aryl methyl sites for hydroxylation is 1. The minimum atomic E-state index is -0.654. The van der Waals surface area contributed by atoms with Gasteiger partial charge in [-0.2, -0.15) is 0 Å². The first-order chi connectivity index (χ1) is 12.1. The van der Waals surface area contributed by atoms with Crippen molar-refractivity contribution in [3.8, 4) is 0 Å². The van der Waals surface area contributed by atoms with Gasteiger partial charge in [-0.3, -0.25) is 4.79 Å². The molecule has 1 unspecified atom stereocenters. The van der Waals surface area contributed by atoms with Gasteiger partial charge < -0.3 is 5.11 Å². The molecule has 1 aromatic carbocycles. The van der Waals surface area contributed by atoms with Gasteiger partial charge in [0, 0.05) is 3.57 Å². The van der Waals surface area contributed by atoms with Crippen LogP contribution in [0.2, 0.25) is 0 Å². The number of rotatable bonds is 15. The topological polar surface area (TPSA) is 37.3 Å². The zero-order valence-electron chi connectivity index (χ0n) is 15.8. The van der Waals surface area contributed by atoms with E-state index in [1.807, 2.05) is 6.92 Å². The van der Waals surface area contributed by atoms with E-state index in [-0.39, 0.29) is 5.92 Å². The normalized spacial score (nSPS) is 12.2. The smallest absolute Gasteiger partial charge is 0.306 e. The summed E-state index contributed by atoms with van der Waals surface area (Å²) < 4.78 is 1.32. The van der Waals surface area contributed by atoms with E-state index < -0.39 is 5.97 Å². The van der Waals surface area contributed by atoms with Gasteiger partial charge in [0.05, 0.1) is 5.92 Å². The van der Waals surface area contributed by atoms with Gasteiger partial charge in [-0.25, -0.2) is 0 Å². The molecular formula is C22H35IO2. The van der Waals surface area contributed by atoms with Gasteiger partial charge in [0.1, 0.15) is 0 Å². The van der Waals surface area contributed by atoms with Crippen molar-refractivity contribution in [1.82, 2.24) is 0 Å². The van der Waals surface area contributed by atoms with E-state index in [1.54, 1.807) is 0 Å². The summed E-state index contributed by atoms with van der Waals surface area (Å²) >= 11 is 2.36. The third-order valence-corrected chi connectivity index (χ3v) is 5.66. The van der Waals surface area contributed by atoms with Crippen LogP contribution in [-0.4, -0.2) is 11.1 Å². The molecule has 0 aliphatic carbocycles. The summed E-state index contributed by atoms with van der Waals surface area (Å²) in [4.78, 5) is 10.7. The van der Waals surface area contributed by atoms with Gasteiger partial charge in [-0.15, -0.1) is 0 Å². The third kappa shape index (κ3) is 12.4. The van der Waals surface area contributed by atoms with Crippen LogP contribution < -0.4 is 0 Å². The predicted molar refractivity (Wildman–Crippen MR) is 115 cm³/mol. The van der Waals surface area contributed by atoms with Crippen LogP contribution in [0.15, 0.2) is 24.3 Å². The summed E-state index contributed by atoms with van der Waals surface area (Å²) in [5, 5.41) is 8.83. The fraction of sp³-hybridized carbons (Fsp3) is 0.682. The minimum Gasteiger partial charge on any atom is -0.481 e. The molecule has 0 heterocycles. The molecule has 0 fully saturated rings. The average Bonchev–Trinajstić information content (AvgIpc) is 2.60. The van der Waals surface area contributed by atoms with Crippen molar-refractivity contribution < 1.29 is 9.90 Å². The van der Waals surface area contributed by atoms with Gasteiger partial charge in [0.15, 0.2) is 0 Å². The van der Waals surface area contributed by atoms with Crippen LogP contribution in [0.5, 0.6) is 0 Å². The van der Waals surface area contributed by atoms with Crippen molar-refractivity contribution in [1.29, 1.82) is 0 Å². The van der Waals surface area contributed by atoms with E-state index in [0.29, 0.717) is 0 Å². The predicted octanol–water partition coefficient (Wildman–Crippen LogP) is 7.24. The maximum atomic E-state index is 10.7. The zero-order valence-corrected chi connectivity index (χ0v) is 18.0. The number of carboxylic acid groups (broad SMARTS) is 1. The van der Waals surface area contributed by atoms with E-state index in [9.17, 15) is 4.79 Å². The SMILES string of the molecule is CC(CCCCCCCCCCCCCc1ccc(I)cc1)C(=O)O. The van der Waals surface area contributed by atoms with Crippen molar-refractivity contribution in [3.63, 3.8) is 0 Å². The van der Waals surface area contributed by atoms with Crippen LogP contribution in [-0.2, 0) is 11.2 Å². The Balaban J connectivity index is 1.80. The lowest BCUT2D eigenvalue weighted by atomic mass is 10.0. The second-order valence-electron chi connectivity index (χ2n) is 7.29. The molecule has 142 valence electrons. The fourth-order valence-electron chi connectivity index (χ4n) is 3.15. The van der Waals surface area contributed by atoms with E-state index >= 15 is 0 Å². The highest BCUT2D eigenvalue weighted by Gasteiger charge is 2.09. The number of benzene rings is 1. The summed E-state index contributed by atoms with van der Waals surface area (Å²) in [5.74, 6) is -0.829. The maximum absolute atomic E-state index is 10.7. The molecule has 1 atom stereocenters. The standard InChI is InChI=1S/C22H35IO2/c1-19(22(24)25)13-11-9-7-5-3-2-4-6-8-10-12-14-20-15-17-21(23)18-16-20/h15-19H,2-14H2,1H3,(H,24,25). The van der Waals surface area contributed by atoms with Crippen LogP contribution in [0, 0.1) is 9.49 Å². The zero-order chi connectivity index (χ0) is 18.3. The molecule has 1 rings (SSSR count). The van der Waals surface area contributed by atoms with Crippen LogP contribution in [0.25, 0.3) is 0 Å². The van der Waals surface area contributed by atoms with Crippen LogP contribution in [0.3, 0.4) is 0 Å². The second-order valence-corrected chi connectivity index (χ2v) is 8.54. The molecular weight excluding hydrogens is 423 g/mol. The molecule has 3 heteroatoms. The van der Waals surface area contributed by atoms with E-state index in [4.69, 9.17) is 5.11 Å². The molecule has 0 saturated heterocycles. The van der Waals surface area contributed by atoms with Gasteiger partial charge >= 0.3 is 5.97 Å². The van der Waals surface area contributed by atoms with E-state index in [0.717, 1.165) is 12.8 Å². The Kier molecular flexibility index (Phi) is 13.1. The second kappa shape index (κ2) is 14.6. The third-order valence-electron chi connectivity index (χ3n) is 4.94. The van der Waals surface area contributed by atoms with Crippen molar-refractivity contribution in [2.75, 3.05) is 0 Å². The van der Waals surface area contributed by atoms with Crippen LogP contribution in [0.1, 0.15) is 89.5 Å². The summed E-state index contributed by atoms with van der Waals surface area (Å²) in [5.41, 5.74) is 1.47. The van der Waals surface area contributed by atoms with Gasteiger partial charge in [0.2, 0.25) is 0 Å². The number of unbranched alkanes of at least 4 members (excludes halogenated alkanes) is 10. The van der Waals surface area contributed by atoms with Crippen LogP contribution in [0.4, 0.5) is 0 Å². The minimum absolute atomic E-state index is 0.175. The average molecular weight is 458 g/mol. The lowest BCUT2D eigenvalue weighted by Gasteiger charge is -2.06. The number of halogens is 1. The Morgan fingerprint density at radius 2 is 1.28 bits per heavy atom. The maximum Gasteiger partial charge on any atom is 0.306 e. The molecule has 25 heavy (non-hydrogen) atoms. The molecule has 0 spiro atoms. The van der Waals surface area contributed by atoms with Gasteiger partial charge in [-0.1, -0.05) is 83.3 Å². The lowest BCUT2D eigenvalue weighted by Crippen LogP contribution is -2.08. The Hall–Kier alpha value is -0.580. The Bertz CT molecular complexity index is 456. The van der Waals surface area contributed by atoms with E-state index in [2.05, 4.69) is 46.9 Å². The largest absolute Gasteiger partial charge is 0.481 e. The summed E-state index contributed by atoms with van der Waals surface area (Å²) in [6, 6.07) is 8.90. The molecule has 0 aromatic heterocycles. The fourth-order valence-corrected chi connectivity index (χ4v) is 3.50. The summed E-state index contributed by atoms with van der Waals surface area (Å²) in [7, 11) is 0. The van der Waals surface area contributed by atoms with Gasteiger partial charge in [0.25, 0.3) is 0 Å². The monoisotopic (exact) mass is 458 g/mol. The van der Waals surface area contributed by atoms with Crippen molar-refractivity contribution in [2.45, 2.75) is 90.4 Å². The number of hydrogen-bond donors (Lipinski definition) is 1. The van der Waals surface area contributed by atoms with Crippen molar-refractivity contribution in [3.05, 3.63) is 33.4 Å². The van der Waals surface area contributed by atoms with E-state index in [1.165, 1.54) is 79.8 Å². The molecule has 0 bridgehead atoms. The molecule has 1 N–H and O–H groups in total. The highest BCUT2D eigenvalue weighted by molar-refractivity contribution is 14.1. The molecule has 0 radical (unpaired) electrons. The first-order valence-corrected chi connectivity index (χ1v) is 11.1. The number of carbonyl (C=O) groups is 1. The Morgan fingerprint density at radius 1 is 0.840 bits per heavy atom. The van der Waals surface area contributed by atoms with Crippen molar-refractivity contribution in [2.24, 2.45) is 5.92 Å². The molecule has 0 amide bonds. The first-order valence-electron chi connectivity index (χ1n) is 10.1. The highest BCUT2D eigenvalue weighted by Crippen LogP contribution is 2.15. The van der Waals surface area contributed by atoms with Crippen molar-refractivity contribution >= 4 is 28.6 Å². The Morgan fingerprint density at radius 3 is 1.76 bits per heavy atom. The molecule has 1 aromatic rings. The molecule has 0 aliphatic rings.